The van der Waals surface area contributed by atoms with E-state index in [1.54, 1.807) is 24.9 Å². The lowest BCUT2D eigenvalue weighted by Crippen LogP contribution is -2.31. The van der Waals surface area contributed by atoms with Gasteiger partial charge in [0, 0.05) is 25.7 Å². The van der Waals surface area contributed by atoms with E-state index in [4.69, 9.17) is 21.7 Å². The summed E-state index contributed by atoms with van der Waals surface area (Å²) in [5, 5.41) is 9.61. The molecule has 2 fully saturated rings. The van der Waals surface area contributed by atoms with Crippen LogP contribution in [0.2, 0.25) is 0 Å². The molecule has 3 aliphatic heterocycles. The number of thiocarbonyl (C=S) groups is 1. The number of hydrogen-bond acceptors (Lipinski definition) is 8. The summed E-state index contributed by atoms with van der Waals surface area (Å²) in [5.41, 5.74) is 1.93. The summed E-state index contributed by atoms with van der Waals surface area (Å²) < 4.78 is 12.8. The van der Waals surface area contributed by atoms with E-state index in [-0.39, 0.29) is 23.8 Å². The molecule has 3 aliphatic rings. The van der Waals surface area contributed by atoms with Gasteiger partial charge in [0.2, 0.25) is 6.79 Å². The lowest BCUT2D eigenvalue weighted by Gasteiger charge is -2.25. The highest BCUT2D eigenvalue weighted by Crippen LogP contribution is 2.38. The molecule has 1 aromatic heterocycles. The van der Waals surface area contributed by atoms with Gasteiger partial charge >= 0.3 is 0 Å². The Kier molecular flexibility index (Phi) is 5.83. The summed E-state index contributed by atoms with van der Waals surface area (Å²) in [7, 11) is 1.68. The predicted octanol–water partition coefficient (Wildman–Crippen LogP) is 3.30. The standard InChI is InChI=1S/C24H22N4O4S2/c1-14-16(21(27-7-3-4-8-27)26(2)22(29)17(14)11-25)10-20-23(30)28(24(33)34-20)12-15-5-6-18-19(9-15)32-13-31-18/h5-6,9-10H,3-4,7-8,12-13H2,1-2H3/b20-10-. The molecule has 0 spiro atoms. The molecular weight excluding hydrogens is 472 g/mol. The lowest BCUT2D eigenvalue weighted by atomic mass is 10.0. The second-order valence-electron chi connectivity index (χ2n) is 8.36. The number of nitrogens with zero attached hydrogens (tertiary/aromatic N) is 4. The van der Waals surface area contributed by atoms with E-state index in [0.717, 1.165) is 37.3 Å². The van der Waals surface area contributed by atoms with Crippen molar-refractivity contribution in [3.05, 3.63) is 55.7 Å². The number of carbonyl (C=O) groups is 1. The van der Waals surface area contributed by atoms with Crippen molar-refractivity contribution >= 4 is 46.1 Å². The zero-order valence-electron chi connectivity index (χ0n) is 18.8. The van der Waals surface area contributed by atoms with Gasteiger partial charge in [0.1, 0.15) is 21.8 Å². The van der Waals surface area contributed by atoms with Crippen LogP contribution < -0.4 is 19.9 Å². The molecule has 0 aliphatic carbocycles. The molecule has 8 nitrogen and oxygen atoms in total. The van der Waals surface area contributed by atoms with E-state index >= 15 is 0 Å². The van der Waals surface area contributed by atoms with Gasteiger partial charge < -0.3 is 14.4 Å². The van der Waals surface area contributed by atoms with Crippen LogP contribution in [0.3, 0.4) is 0 Å². The number of carbonyl (C=O) groups excluding carboxylic acids is 1. The van der Waals surface area contributed by atoms with Gasteiger partial charge in [-0.25, -0.2) is 0 Å². The van der Waals surface area contributed by atoms with E-state index < -0.39 is 0 Å². The Bertz CT molecular complexity index is 1350. The van der Waals surface area contributed by atoms with Gasteiger partial charge in [-0.15, -0.1) is 0 Å². The van der Waals surface area contributed by atoms with Gasteiger partial charge in [0.05, 0.1) is 11.4 Å². The predicted molar refractivity (Wildman–Crippen MR) is 134 cm³/mol. The average molecular weight is 495 g/mol. The molecule has 34 heavy (non-hydrogen) atoms. The number of benzene rings is 1. The molecule has 10 heteroatoms. The molecule has 0 N–H and O–H groups in total. The van der Waals surface area contributed by atoms with Crippen molar-refractivity contribution in [2.75, 3.05) is 24.8 Å². The summed E-state index contributed by atoms with van der Waals surface area (Å²) in [6, 6.07) is 7.60. The fourth-order valence-electron chi connectivity index (χ4n) is 4.51. The summed E-state index contributed by atoms with van der Waals surface area (Å²) in [6.07, 6.45) is 3.84. The third kappa shape index (κ3) is 3.75. The quantitative estimate of drug-likeness (QED) is 0.473. The first-order valence-corrected chi connectivity index (χ1v) is 12.1. The molecule has 0 atom stereocenters. The molecule has 2 aromatic rings. The molecular formula is C24H22N4O4S2. The van der Waals surface area contributed by atoms with E-state index in [0.29, 0.717) is 38.4 Å². The zero-order valence-corrected chi connectivity index (χ0v) is 20.4. The molecule has 5 rings (SSSR count). The topological polar surface area (TPSA) is 87.8 Å². The third-order valence-electron chi connectivity index (χ3n) is 6.30. The molecule has 0 radical (unpaired) electrons. The number of thioether (sulfide) groups is 1. The maximum absolute atomic E-state index is 13.4. The van der Waals surface area contributed by atoms with Crippen molar-refractivity contribution in [2.45, 2.75) is 26.3 Å². The van der Waals surface area contributed by atoms with Crippen LogP contribution in [-0.4, -0.2) is 39.6 Å². The van der Waals surface area contributed by atoms with Crippen molar-refractivity contribution in [3.63, 3.8) is 0 Å². The Morgan fingerprint density at radius 2 is 1.94 bits per heavy atom. The Hall–Kier alpha value is -3.29. The first-order chi connectivity index (χ1) is 16.4. The molecule has 4 heterocycles. The molecule has 0 bridgehead atoms. The first kappa shape index (κ1) is 22.5. The third-order valence-corrected chi connectivity index (χ3v) is 7.68. The monoisotopic (exact) mass is 494 g/mol. The number of rotatable bonds is 4. The smallest absolute Gasteiger partial charge is 0.270 e. The number of nitriles is 1. The maximum Gasteiger partial charge on any atom is 0.270 e. The Morgan fingerprint density at radius 3 is 2.68 bits per heavy atom. The van der Waals surface area contributed by atoms with Gasteiger partial charge in [0.15, 0.2) is 11.5 Å². The van der Waals surface area contributed by atoms with Gasteiger partial charge in [0.25, 0.3) is 11.5 Å². The largest absolute Gasteiger partial charge is 0.454 e. The van der Waals surface area contributed by atoms with Crippen LogP contribution in [0.5, 0.6) is 11.5 Å². The van der Waals surface area contributed by atoms with Crippen molar-refractivity contribution in [2.24, 2.45) is 7.05 Å². The van der Waals surface area contributed by atoms with Gasteiger partial charge in [-0.2, -0.15) is 5.26 Å². The number of hydrogen-bond donors (Lipinski definition) is 0. The van der Waals surface area contributed by atoms with Gasteiger partial charge in [-0.05, 0) is 49.1 Å². The maximum atomic E-state index is 13.4. The molecule has 2 saturated heterocycles. The molecule has 174 valence electrons. The zero-order chi connectivity index (χ0) is 24.0. The lowest BCUT2D eigenvalue weighted by molar-refractivity contribution is -0.122. The normalized spacial score (nSPS) is 18.3. The molecule has 0 saturated carbocycles. The minimum atomic E-state index is -0.325. The summed E-state index contributed by atoms with van der Waals surface area (Å²) in [5.74, 6) is 1.87. The second kappa shape index (κ2) is 8.81. The minimum absolute atomic E-state index is 0.0903. The van der Waals surface area contributed by atoms with Crippen LogP contribution in [0.15, 0.2) is 27.9 Å². The van der Waals surface area contributed by atoms with Gasteiger partial charge in [-0.1, -0.05) is 30.0 Å². The number of pyridine rings is 1. The number of amides is 1. The minimum Gasteiger partial charge on any atom is -0.454 e. The van der Waals surface area contributed by atoms with Crippen LogP contribution >= 0.6 is 24.0 Å². The van der Waals surface area contributed by atoms with Gasteiger partial charge in [-0.3, -0.25) is 19.1 Å². The van der Waals surface area contributed by atoms with Crippen molar-refractivity contribution in [1.82, 2.24) is 9.47 Å². The first-order valence-electron chi connectivity index (χ1n) is 10.9. The SMILES string of the molecule is Cc1c(/C=C2\SC(=S)N(Cc3ccc4c(c3)OCO4)C2=O)c(N2CCCC2)n(C)c(=O)c1C#N. The van der Waals surface area contributed by atoms with E-state index in [9.17, 15) is 14.9 Å². The summed E-state index contributed by atoms with van der Waals surface area (Å²) in [6.45, 7) is 3.91. The van der Waals surface area contributed by atoms with Crippen molar-refractivity contribution in [3.8, 4) is 17.6 Å². The van der Waals surface area contributed by atoms with Crippen LogP contribution in [0.25, 0.3) is 6.08 Å². The van der Waals surface area contributed by atoms with E-state index in [1.165, 1.54) is 16.3 Å². The Morgan fingerprint density at radius 1 is 1.21 bits per heavy atom. The highest BCUT2D eigenvalue weighted by atomic mass is 32.2. The van der Waals surface area contributed by atoms with Crippen molar-refractivity contribution < 1.29 is 14.3 Å². The van der Waals surface area contributed by atoms with Crippen LogP contribution in [0.1, 0.15) is 35.1 Å². The van der Waals surface area contributed by atoms with Crippen LogP contribution in [0, 0.1) is 18.3 Å². The number of anilines is 1. The molecule has 1 amide bonds. The second-order valence-corrected chi connectivity index (χ2v) is 10.0. The van der Waals surface area contributed by atoms with Crippen LogP contribution in [-0.2, 0) is 18.4 Å². The van der Waals surface area contributed by atoms with E-state index in [1.807, 2.05) is 24.3 Å². The highest BCUT2D eigenvalue weighted by molar-refractivity contribution is 8.26. The highest BCUT2D eigenvalue weighted by Gasteiger charge is 2.33. The van der Waals surface area contributed by atoms with E-state index in [2.05, 4.69) is 4.90 Å². The summed E-state index contributed by atoms with van der Waals surface area (Å²) in [4.78, 5) is 30.3. The Balaban J connectivity index is 1.52. The average Bonchev–Trinajstić information content (AvgIpc) is 3.56. The molecule has 1 aromatic carbocycles. The number of aromatic nitrogens is 1. The van der Waals surface area contributed by atoms with Crippen LogP contribution in [0.4, 0.5) is 5.82 Å². The number of fused-ring (bicyclic) bond motifs is 1. The fraction of sp³-hybridized carbons (Fsp3) is 0.333. The molecule has 0 unspecified atom stereocenters. The Labute approximate surface area is 206 Å². The van der Waals surface area contributed by atoms with Crippen molar-refractivity contribution in [1.29, 1.82) is 5.26 Å². The fourth-order valence-corrected chi connectivity index (χ4v) is 5.75. The number of ether oxygens (including phenoxy) is 2. The summed E-state index contributed by atoms with van der Waals surface area (Å²) >= 11 is 6.76.